The van der Waals surface area contributed by atoms with Crippen LogP contribution in [0.25, 0.3) is 0 Å². The lowest BCUT2D eigenvalue weighted by atomic mass is 10.1. The smallest absolute Gasteiger partial charge is 0.261 e. The van der Waals surface area contributed by atoms with Gasteiger partial charge in [-0.15, -0.1) is 0 Å². The van der Waals surface area contributed by atoms with Gasteiger partial charge in [-0.1, -0.05) is 37.8 Å². The molecule has 2 aliphatic rings. The van der Waals surface area contributed by atoms with Crippen molar-refractivity contribution in [2.24, 2.45) is 0 Å². The number of ether oxygens (including phenoxy) is 1. The monoisotopic (exact) mass is 477 g/mol. The average Bonchev–Trinajstić information content (AvgIpc) is 3.04. The molecule has 3 rings (SSSR count). The van der Waals surface area contributed by atoms with E-state index in [4.69, 9.17) is 4.74 Å². The van der Waals surface area contributed by atoms with Crippen LogP contribution in [0, 0.1) is 0 Å². The summed E-state index contributed by atoms with van der Waals surface area (Å²) in [7, 11) is -2.24. The van der Waals surface area contributed by atoms with Crippen LogP contribution in [0.3, 0.4) is 0 Å². The zero-order valence-corrected chi connectivity index (χ0v) is 21.2. The SMILES string of the molecule is CP(C)(=O)N(CCCCCCCCN1C(=O)c2ccccc2C1=O)CCCN1CCOCC1. The van der Waals surface area contributed by atoms with Gasteiger partial charge in [0, 0.05) is 46.1 Å². The summed E-state index contributed by atoms with van der Waals surface area (Å²) in [6, 6.07) is 7.06. The largest absolute Gasteiger partial charge is 0.379 e. The molecule has 0 radical (unpaired) electrons. The van der Waals surface area contributed by atoms with E-state index in [-0.39, 0.29) is 11.8 Å². The Bertz CT molecular complexity index is 800. The lowest BCUT2D eigenvalue weighted by Gasteiger charge is -2.30. The Morgan fingerprint density at radius 3 is 1.97 bits per heavy atom. The fourth-order valence-electron chi connectivity index (χ4n) is 4.61. The number of imide groups is 1. The third-order valence-electron chi connectivity index (χ3n) is 6.60. The molecular formula is C25H40N3O4P. The van der Waals surface area contributed by atoms with Crippen molar-refractivity contribution in [3.8, 4) is 0 Å². The van der Waals surface area contributed by atoms with Gasteiger partial charge in [0.05, 0.1) is 24.3 Å². The van der Waals surface area contributed by atoms with E-state index in [9.17, 15) is 14.2 Å². The molecule has 0 bridgehead atoms. The van der Waals surface area contributed by atoms with E-state index in [1.54, 1.807) is 24.3 Å². The van der Waals surface area contributed by atoms with Gasteiger partial charge in [0.15, 0.2) is 0 Å². The Morgan fingerprint density at radius 1 is 0.818 bits per heavy atom. The number of morpholine rings is 1. The van der Waals surface area contributed by atoms with Crippen molar-refractivity contribution in [3.63, 3.8) is 0 Å². The molecule has 2 amide bonds. The maximum Gasteiger partial charge on any atom is 0.261 e. The molecule has 0 atom stereocenters. The van der Waals surface area contributed by atoms with E-state index in [0.29, 0.717) is 17.7 Å². The lowest BCUT2D eigenvalue weighted by Crippen LogP contribution is -2.38. The van der Waals surface area contributed by atoms with Crippen molar-refractivity contribution in [3.05, 3.63) is 35.4 Å². The molecule has 1 aromatic rings. The number of unbranched alkanes of at least 4 members (excludes halogenated alkanes) is 5. The van der Waals surface area contributed by atoms with Gasteiger partial charge in [-0.2, -0.15) is 0 Å². The summed E-state index contributed by atoms with van der Waals surface area (Å²) in [6.07, 6.45) is 7.30. The molecule has 1 saturated heterocycles. The van der Waals surface area contributed by atoms with E-state index < -0.39 is 7.29 Å². The zero-order chi connectivity index (χ0) is 23.7. The van der Waals surface area contributed by atoms with Gasteiger partial charge in [-0.05, 0) is 37.9 Å². The normalized spacial score (nSPS) is 17.2. The first-order valence-corrected chi connectivity index (χ1v) is 15.0. The van der Waals surface area contributed by atoms with Crippen LogP contribution in [-0.2, 0) is 9.30 Å². The first-order chi connectivity index (χ1) is 15.9. The molecule has 0 saturated carbocycles. The third kappa shape index (κ3) is 7.74. The molecule has 0 N–H and O–H groups in total. The van der Waals surface area contributed by atoms with Gasteiger partial charge in [-0.3, -0.25) is 24.1 Å². The van der Waals surface area contributed by atoms with Crippen molar-refractivity contribution >= 4 is 19.1 Å². The summed E-state index contributed by atoms with van der Waals surface area (Å²) >= 11 is 0. The number of carbonyl (C=O) groups excluding carboxylic acids is 2. The van der Waals surface area contributed by atoms with E-state index >= 15 is 0 Å². The molecule has 184 valence electrons. The third-order valence-corrected chi connectivity index (χ3v) is 8.36. The maximum absolute atomic E-state index is 12.7. The van der Waals surface area contributed by atoms with Gasteiger partial charge < -0.3 is 9.30 Å². The molecule has 2 aliphatic heterocycles. The molecular weight excluding hydrogens is 437 g/mol. The van der Waals surface area contributed by atoms with E-state index in [1.165, 1.54) is 4.90 Å². The van der Waals surface area contributed by atoms with E-state index in [1.807, 2.05) is 13.3 Å². The van der Waals surface area contributed by atoms with E-state index in [0.717, 1.165) is 90.9 Å². The molecule has 0 aliphatic carbocycles. The second-order valence-electron chi connectivity index (χ2n) is 9.48. The number of hydrogen-bond donors (Lipinski definition) is 0. The summed E-state index contributed by atoms with van der Waals surface area (Å²) in [5.41, 5.74) is 1.06. The number of amides is 2. The predicted molar refractivity (Wildman–Crippen MR) is 132 cm³/mol. The second kappa shape index (κ2) is 12.8. The number of nitrogens with zero attached hydrogens (tertiary/aromatic N) is 3. The Hall–Kier alpha value is -1.53. The topological polar surface area (TPSA) is 70.2 Å². The van der Waals surface area contributed by atoms with Crippen LogP contribution >= 0.6 is 7.29 Å². The maximum atomic E-state index is 12.7. The number of benzene rings is 1. The molecule has 0 spiro atoms. The number of carbonyl (C=O) groups is 2. The molecule has 2 heterocycles. The first-order valence-electron chi connectivity index (χ1n) is 12.4. The zero-order valence-electron chi connectivity index (χ0n) is 20.3. The Kier molecular flexibility index (Phi) is 10.1. The average molecular weight is 478 g/mol. The van der Waals surface area contributed by atoms with Crippen molar-refractivity contribution < 1.29 is 18.9 Å². The fraction of sp³-hybridized carbons (Fsp3) is 0.680. The summed E-state index contributed by atoms with van der Waals surface area (Å²) < 4.78 is 20.3. The molecule has 8 heteroatoms. The predicted octanol–water partition coefficient (Wildman–Crippen LogP) is 4.19. The van der Waals surface area contributed by atoms with Crippen molar-refractivity contribution in [2.45, 2.75) is 44.9 Å². The second-order valence-corrected chi connectivity index (χ2v) is 12.6. The fourth-order valence-corrected chi connectivity index (χ4v) is 5.85. The highest BCUT2D eigenvalue weighted by Crippen LogP contribution is 2.41. The van der Waals surface area contributed by atoms with Crippen LogP contribution in [-0.4, -0.2) is 92.1 Å². The molecule has 0 aromatic heterocycles. The van der Waals surface area contributed by atoms with Crippen LogP contribution in [0.5, 0.6) is 0 Å². The Labute approximate surface area is 198 Å². The van der Waals surface area contributed by atoms with Crippen LogP contribution in [0.15, 0.2) is 24.3 Å². The summed E-state index contributed by atoms with van der Waals surface area (Å²) in [5.74, 6) is -0.319. The minimum Gasteiger partial charge on any atom is -0.379 e. The van der Waals surface area contributed by atoms with Crippen LogP contribution in [0.2, 0.25) is 0 Å². The van der Waals surface area contributed by atoms with Crippen LogP contribution in [0.1, 0.15) is 65.7 Å². The highest BCUT2D eigenvalue weighted by Gasteiger charge is 2.34. The summed E-state index contributed by atoms with van der Waals surface area (Å²) in [4.78, 5) is 28.6. The Morgan fingerprint density at radius 2 is 1.36 bits per heavy atom. The van der Waals surface area contributed by atoms with Crippen LogP contribution in [0.4, 0.5) is 0 Å². The summed E-state index contributed by atoms with van der Waals surface area (Å²) in [5, 5.41) is 0. The summed E-state index contributed by atoms with van der Waals surface area (Å²) in [6.45, 7) is 10.7. The molecule has 7 nitrogen and oxygen atoms in total. The molecule has 1 fully saturated rings. The first kappa shape index (κ1) is 26.1. The molecule has 1 aromatic carbocycles. The van der Waals surface area contributed by atoms with Gasteiger partial charge in [0.2, 0.25) is 0 Å². The molecule has 0 unspecified atom stereocenters. The highest BCUT2D eigenvalue weighted by molar-refractivity contribution is 7.59. The van der Waals surface area contributed by atoms with Gasteiger partial charge in [-0.25, -0.2) is 0 Å². The van der Waals surface area contributed by atoms with Crippen molar-refractivity contribution in [2.75, 3.05) is 65.8 Å². The van der Waals surface area contributed by atoms with E-state index in [2.05, 4.69) is 9.57 Å². The quantitative estimate of drug-likeness (QED) is 0.227. The van der Waals surface area contributed by atoms with Crippen LogP contribution < -0.4 is 0 Å². The minimum absolute atomic E-state index is 0.159. The number of rotatable bonds is 14. The highest BCUT2D eigenvalue weighted by atomic mass is 31.2. The van der Waals surface area contributed by atoms with Gasteiger partial charge in [0.25, 0.3) is 11.8 Å². The Balaban J connectivity index is 1.26. The standard InChI is InChI=1S/C25H40N3O4P/c1-33(2,31)27(16-11-14-26-18-20-32-21-19-26)15-9-5-3-4-6-10-17-28-24(29)22-12-7-8-13-23(22)25(28)30/h7-8,12-13H,3-6,9-11,14-21H2,1-2H3. The van der Waals surface area contributed by atoms with Crippen molar-refractivity contribution in [1.82, 2.24) is 14.5 Å². The van der Waals surface area contributed by atoms with Gasteiger partial charge in [0.1, 0.15) is 7.29 Å². The van der Waals surface area contributed by atoms with Crippen molar-refractivity contribution in [1.29, 1.82) is 0 Å². The molecule has 33 heavy (non-hydrogen) atoms. The lowest BCUT2D eigenvalue weighted by molar-refractivity contribution is 0.0369. The number of fused-ring (bicyclic) bond motifs is 1. The van der Waals surface area contributed by atoms with Gasteiger partial charge >= 0.3 is 0 Å². The minimum atomic E-state index is -2.24. The number of hydrogen-bond acceptors (Lipinski definition) is 5.